The summed E-state index contributed by atoms with van der Waals surface area (Å²) in [6.07, 6.45) is 0. The van der Waals surface area contributed by atoms with Crippen molar-refractivity contribution in [2.45, 2.75) is 44.0 Å². The molecule has 158 valence electrons. The number of carbonyl (C=O) groups excluding carboxylic acids is 1. The number of benzene rings is 2. The molecule has 0 bridgehead atoms. The molecule has 0 saturated heterocycles. The van der Waals surface area contributed by atoms with Crippen LogP contribution in [0, 0.1) is 13.8 Å². The molecule has 1 N–H and O–H groups in total. The van der Waals surface area contributed by atoms with Gasteiger partial charge in [0.2, 0.25) is 5.91 Å². The number of thioether (sulfide) groups is 2. The Bertz CT molecular complexity index is 1000. The molecule has 8 heteroatoms. The third-order valence-corrected chi connectivity index (χ3v) is 7.36. The van der Waals surface area contributed by atoms with Crippen molar-refractivity contribution in [1.82, 2.24) is 14.8 Å². The van der Waals surface area contributed by atoms with Crippen molar-refractivity contribution in [3.8, 4) is 0 Å². The number of nitrogens with zero attached hydrogens (tertiary/aromatic N) is 3. The molecule has 0 spiro atoms. The first-order valence-corrected chi connectivity index (χ1v) is 12.6. The summed E-state index contributed by atoms with van der Waals surface area (Å²) in [5.74, 6) is 2.92. The zero-order valence-electron chi connectivity index (χ0n) is 17.3. The van der Waals surface area contributed by atoms with Crippen LogP contribution < -0.4 is 5.32 Å². The zero-order chi connectivity index (χ0) is 21.5. The first kappa shape index (κ1) is 22.9. The summed E-state index contributed by atoms with van der Waals surface area (Å²) in [6.45, 7) is 6.95. The van der Waals surface area contributed by atoms with E-state index in [9.17, 15) is 4.79 Å². The van der Waals surface area contributed by atoms with E-state index in [1.165, 1.54) is 22.9 Å². The Labute approximate surface area is 194 Å². The van der Waals surface area contributed by atoms with Gasteiger partial charge in [0.15, 0.2) is 5.16 Å². The number of amides is 1. The normalized spacial score (nSPS) is 10.9. The molecule has 1 amide bonds. The molecule has 3 rings (SSSR count). The van der Waals surface area contributed by atoms with Crippen LogP contribution >= 0.6 is 39.5 Å². The summed E-state index contributed by atoms with van der Waals surface area (Å²) in [5, 5.41) is 12.4. The van der Waals surface area contributed by atoms with Crippen LogP contribution in [0.1, 0.15) is 29.4 Å². The fourth-order valence-corrected chi connectivity index (χ4v) is 4.84. The molecular formula is C22H25BrN4OS2. The van der Waals surface area contributed by atoms with Crippen LogP contribution in [0.15, 0.2) is 52.1 Å². The van der Waals surface area contributed by atoms with Gasteiger partial charge in [-0.05, 0) is 50.1 Å². The molecule has 0 aliphatic heterocycles. The molecule has 0 aliphatic carbocycles. The van der Waals surface area contributed by atoms with Crippen molar-refractivity contribution < 1.29 is 4.79 Å². The van der Waals surface area contributed by atoms with Gasteiger partial charge in [0.25, 0.3) is 0 Å². The van der Waals surface area contributed by atoms with Crippen LogP contribution in [0.25, 0.3) is 0 Å². The Morgan fingerprint density at radius 1 is 1.10 bits per heavy atom. The minimum atomic E-state index is -0.0531. The van der Waals surface area contributed by atoms with E-state index in [4.69, 9.17) is 0 Å². The molecule has 0 unspecified atom stereocenters. The number of nitrogens with one attached hydrogen (secondary N) is 1. The predicted molar refractivity (Wildman–Crippen MR) is 130 cm³/mol. The minimum Gasteiger partial charge on any atom is -0.325 e. The average Bonchev–Trinajstić information content (AvgIpc) is 3.12. The van der Waals surface area contributed by atoms with E-state index in [2.05, 4.69) is 74.1 Å². The first-order chi connectivity index (χ1) is 14.5. The molecule has 0 fully saturated rings. The van der Waals surface area contributed by atoms with Crippen LogP contribution in [0.2, 0.25) is 0 Å². The molecular weight excluding hydrogens is 480 g/mol. The number of aromatic nitrogens is 3. The van der Waals surface area contributed by atoms with Crippen molar-refractivity contribution in [3.05, 3.63) is 69.5 Å². The van der Waals surface area contributed by atoms with Gasteiger partial charge in [0.1, 0.15) is 5.82 Å². The van der Waals surface area contributed by atoms with Crippen LogP contribution in [0.3, 0.4) is 0 Å². The molecule has 1 heterocycles. The highest BCUT2D eigenvalue weighted by Crippen LogP contribution is 2.23. The van der Waals surface area contributed by atoms with Crippen molar-refractivity contribution in [3.63, 3.8) is 0 Å². The van der Waals surface area contributed by atoms with Crippen LogP contribution in [0.5, 0.6) is 0 Å². The lowest BCUT2D eigenvalue weighted by molar-refractivity contribution is -0.113. The van der Waals surface area contributed by atoms with E-state index in [1.54, 1.807) is 0 Å². The summed E-state index contributed by atoms with van der Waals surface area (Å²) in [6, 6.07) is 14.4. The second-order valence-corrected chi connectivity index (χ2v) is 9.70. The molecule has 3 aromatic rings. The van der Waals surface area contributed by atoms with E-state index < -0.39 is 0 Å². The Kier molecular flexibility index (Phi) is 8.41. The van der Waals surface area contributed by atoms with Gasteiger partial charge in [-0.15, -0.1) is 22.0 Å². The minimum absolute atomic E-state index is 0.0531. The smallest absolute Gasteiger partial charge is 0.234 e. The fraction of sp³-hybridized carbons (Fsp3) is 0.318. The number of aryl methyl sites for hydroxylation is 2. The fourth-order valence-electron chi connectivity index (χ4n) is 2.84. The number of hydrogen-bond acceptors (Lipinski definition) is 5. The van der Waals surface area contributed by atoms with Gasteiger partial charge in [-0.2, -0.15) is 0 Å². The summed E-state index contributed by atoms with van der Waals surface area (Å²) in [4.78, 5) is 12.3. The summed E-state index contributed by atoms with van der Waals surface area (Å²) in [7, 11) is 0. The van der Waals surface area contributed by atoms with Crippen molar-refractivity contribution >= 4 is 51.0 Å². The van der Waals surface area contributed by atoms with E-state index in [0.717, 1.165) is 44.8 Å². The average molecular weight is 506 g/mol. The third kappa shape index (κ3) is 6.36. The zero-order valence-corrected chi connectivity index (χ0v) is 20.5. The molecule has 1 aromatic heterocycles. The molecule has 0 radical (unpaired) electrons. The quantitative estimate of drug-likeness (QED) is 0.370. The monoisotopic (exact) mass is 504 g/mol. The van der Waals surface area contributed by atoms with Gasteiger partial charge in [-0.25, -0.2) is 0 Å². The maximum atomic E-state index is 12.3. The number of anilines is 1. The predicted octanol–water partition coefficient (Wildman–Crippen LogP) is 5.84. The van der Waals surface area contributed by atoms with Crippen LogP contribution in [-0.4, -0.2) is 26.4 Å². The number of hydrogen-bond donors (Lipinski definition) is 1. The highest BCUT2D eigenvalue weighted by molar-refractivity contribution is 9.10. The Balaban J connectivity index is 1.52. The molecule has 2 aromatic carbocycles. The largest absolute Gasteiger partial charge is 0.325 e. The summed E-state index contributed by atoms with van der Waals surface area (Å²) in [5.41, 5.74) is 4.46. The second kappa shape index (κ2) is 11.0. The van der Waals surface area contributed by atoms with Gasteiger partial charge < -0.3 is 9.88 Å². The van der Waals surface area contributed by atoms with Crippen molar-refractivity contribution in [2.24, 2.45) is 0 Å². The summed E-state index contributed by atoms with van der Waals surface area (Å²) < 4.78 is 3.11. The number of carbonyl (C=O) groups is 1. The van der Waals surface area contributed by atoms with Crippen molar-refractivity contribution in [2.75, 3.05) is 11.1 Å². The van der Waals surface area contributed by atoms with Crippen LogP contribution in [0.4, 0.5) is 5.69 Å². The number of rotatable bonds is 9. The Morgan fingerprint density at radius 3 is 2.57 bits per heavy atom. The molecule has 0 aliphatic rings. The molecule has 5 nitrogen and oxygen atoms in total. The van der Waals surface area contributed by atoms with E-state index in [0.29, 0.717) is 5.75 Å². The maximum Gasteiger partial charge on any atom is 0.234 e. The molecule has 0 saturated carbocycles. The van der Waals surface area contributed by atoms with E-state index >= 15 is 0 Å². The third-order valence-electron chi connectivity index (χ3n) is 4.50. The Hall–Kier alpha value is -1.77. The highest BCUT2D eigenvalue weighted by Gasteiger charge is 2.13. The van der Waals surface area contributed by atoms with E-state index in [1.807, 2.05) is 36.9 Å². The molecule has 30 heavy (non-hydrogen) atoms. The topological polar surface area (TPSA) is 59.8 Å². The van der Waals surface area contributed by atoms with Crippen molar-refractivity contribution in [1.29, 1.82) is 0 Å². The lowest BCUT2D eigenvalue weighted by atomic mass is 10.2. The standard InChI is InChI=1S/C22H25BrN4OS2/c1-4-27-20(13-29-12-17-7-5-15(2)6-8-17)25-26-22(27)30-14-21(28)24-18-9-10-19(23)16(3)11-18/h5-11H,4,12-14H2,1-3H3,(H,24,28). The molecule has 0 atom stereocenters. The highest BCUT2D eigenvalue weighted by atomic mass is 79.9. The Morgan fingerprint density at radius 2 is 1.87 bits per heavy atom. The lowest BCUT2D eigenvalue weighted by Gasteiger charge is -2.09. The maximum absolute atomic E-state index is 12.3. The second-order valence-electron chi connectivity index (χ2n) is 6.92. The van der Waals surface area contributed by atoms with Gasteiger partial charge in [-0.1, -0.05) is 57.5 Å². The summed E-state index contributed by atoms with van der Waals surface area (Å²) >= 11 is 6.71. The van der Waals surface area contributed by atoms with Gasteiger partial charge >= 0.3 is 0 Å². The lowest BCUT2D eigenvalue weighted by Crippen LogP contribution is -2.14. The van der Waals surface area contributed by atoms with Gasteiger partial charge in [0, 0.05) is 22.5 Å². The SMILES string of the molecule is CCn1c(CSCc2ccc(C)cc2)nnc1SCC(=O)Nc1ccc(Br)c(C)c1. The van der Waals surface area contributed by atoms with E-state index in [-0.39, 0.29) is 5.91 Å². The number of halogens is 1. The van der Waals surface area contributed by atoms with Gasteiger partial charge in [0.05, 0.1) is 11.5 Å². The van der Waals surface area contributed by atoms with Gasteiger partial charge in [-0.3, -0.25) is 4.79 Å². The first-order valence-electron chi connectivity index (χ1n) is 9.70. The van der Waals surface area contributed by atoms with Crippen LogP contribution in [-0.2, 0) is 22.8 Å².